The maximum absolute atomic E-state index is 11.5. The number of ether oxygens (including phenoxy) is 1. The van der Waals surface area contributed by atoms with E-state index in [0.29, 0.717) is 6.54 Å². The summed E-state index contributed by atoms with van der Waals surface area (Å²) in [6.07, 6.45) is 0. The van der Waals surface area contributed by atoms with Gasteiger partial charge in [0, 0.05) is 17.6 Å². The lowest BCUT2D eigenvalue weighted by Crippen LogP contribution is -2.37. The van der Waals surface area contributed by atoms with E-state index in [-0.39, 0.29) is 12.0 Å². The third-order valence-electron chi connectivity index (χ3n) is 2.96. The zero-order chi connectivity index (χ0) is 13.8. The molecule has 0 saturated carbocycles. The molecule has 1 atom stereocenters. The maximum Gasteiger partial charge on any atom is 0.312 e. The van der Waals surface area contributed by atoms with Gasteiger partial charge in [0.05, 0.1) is 12.5 Å². The molecule has 18 heavy (non-hydrogen) atoms. The van der Waals surface area contributed by atoms with Gasteiger partial charge in [-0.3, -0.25) is 4.79 Å². The van der Waals surface area contributed by atoms with E-state index in [1.807, 2.05) is 38.1 Å². The Morgan fingerprint density at radius 3 is 2.44 bits per heavy atom. The number of nitrogens with one attached hydrogen (secondary N) is 1. The summed E-state index contributed by atoms with van der Waals surface area (Å²) in [5.74, 6) is -0.210. The van der Waals surface area contributed by atoms with Crippen molar-refractivity contribution in [3.8, 4) is 0 Å². The monoisotopic (exact) mass is 269 g/mol. The lowest BCUT2D eigenvalue weighted by atomic mass is 9.93. The van der Waals surface area contributed by atoms with Crippen LogP contribution in [0, 0.1) is 5.41 Å². The zero-order valence-electron chi connectivity index (χ0n) is 11.3. The topological polar surface area (TPSA) is 38.3 Å². The summed E-state index contributed by atoms with van der Waals surface area (Å²) in [4.78, 5) is 11.5. The van der Waals surface area contributed by atoms with E-state index in [4.69, 9.17) is 16.3 Å². The van der Waals surface area contributed by atoms with Crippen molar-refractivity contribution in [3.63, 3.8) is 0 Å². The molecule has 1 aromatic carbocycles. The van der Waals surface area contributed by atoms with Gasteiger partial charge in [-0.2, -0.15) is 0 Å². The smallest absolute Gasteiger partial charge is 0.312 e. The van der Waals surface area contributed by atoms with Gasteiger partial charge in [-0.15, -0.1) is 0 Å². The lowest BCUT2D eigenvalue weighted by Gasteiger charge is -2.24. The van der Waals surface area contributed by atoms with E-state index < -0.39 is 5.41 Å². The Bertz CT molecular complexity index is 401. The molecule has 0 bridgehead atoms. The highest BCUT2D eigenvalue weighted by atomic mass is 35.5. The molecule has 0 saturated heterocycles. The summed E-state index contributed by atoms with van der Waals surface area (Å²) in [5, 5.41) is 4.05. The Morgan fingerprint density at radius 1 is 1.39 bits per heavy atom. The van der Waals surface area contributed by atoms with Crippen LogP contribution in [0.1, 0.15) is 32.4 Å². The van der Waals surface area contributed by atoms with Crippen molar-refractivity contribution >= 4 is 17.6 Å². The van der Waals surface area contributed by atoms with Crippen LogP contribution in [0.2, 0.25) is 5.02 Å². The predicted molar refractivity (Wildman–Crippen MR) is 73.7 cm³/mol. The lowest BCUT2D eigenvalue weighted by molar-refractivity contribution is -0.150. The molecule has 1 rings (SSSR count). The molecule has 1 unspecified atom stereocenters. The van der Waals surface area contributed by atoms with Crippen LogP contribution in [-0.2, 0) is 9.53 Å². The van der Waals surface area contributed by atoms with E-state index in [9.17, 15) is 4.79 Å². The first-order chi connectivity index (χ1) is 8.36. The van der Waals surface area contributed by atoms with Crippen LogP contribution in [0.3, 0.4) is 0 Å². The molecule has 0 spiro atoms. The summed E-state index contributed by atoms with van der Waals surface area (Å²) < 4.78 is 4.77. The molecule has 1 aromatic rings. The summed E-state index contributed by atoms with van der Waals surface area (Å²) in [6, 6.07) is 7.84. The van der Waals surface area contributed by atoms with E-state index in [2.05, 4.69) is 12.2 Å². The molecule has 4 heteroatoms. The number of hydrogen-bond donors (Lipinski definition) is 1. The Hall–Kier alpha value is -1.06. The van der Waals surface area contributed by atoms with Crippen molar-refractivity contribution in [2.45, 2.75) is 26.8 Å². The van der Waals surface area contributed by atoms with Crippen LogP contribution < -0.4 is 5.32 Å². The first-order valence-electron chi connectivity index (χ1n) is 5.94. The van der Waals surface area contributed by atoms with Crippen LogP contribution >= 0.6 is 11.6 Å². The minimum atomic E-state index is -0.532. The van der Waals surface area contributed by atoms with Crippen molar-refractivity contribution in [1.29, 1.82) is 0 Å². The third kappa shape index (κ3) is 4.00. The predicted octanol–water partition coefficient (Wildman–Crippen LogP) is 3.19. The first kappa shape index (κ1) is 15.0. The van der Waals surface area contributed by atoms with E-state index in [1.54, 1.807) is 0 Å². The molecular weight excluding hydrogens is 250 g/mol. The van der Waals surface area contributed by atoms with Crippen molar-refractivity contribution in [2.24, 2.45) is 5.41 Å². The van der Waals surface area contributed by atoms with E-state index in [1.165, 1.54) is 7.11 Å². The van der Waals surface area contributed by atoms with Crippen LogP contribution in [0.4, 0.5) is 0 Å². The number of rotatable bonds is 5. The fraction of sp³-hybridized carbons (Fsp3) is 0.500. The number of carbonyl (C=O) groups excluding carboxylic acids is 1. The number of methoxy groups -OCH3 is 1. The van der Waals surface area contributed by atoms with Crippen molar-refractivity contribution in [2.75, 3.05) is 13.7 Å². The van der Waals surface area contributed by atoms with Crippen LogP contribution in [0.5, 0.6) is 0 Å². The van der Waals surface area contributed by atoms with Gasteiger partial charge in [-0.25, -0.2) is 0 Å². The Morgan fingerprint density at radius 2 is 1.94 bits per heavy atom. The fourth-order valence-corrected chi connectivity index (χ4v) is 1.75. The van der Waals surface area contributed by atoms with Gasteiger partial charge in [-0.05, 0) is 38.5 Å². The molecule has 0 amide bonds. The second kappa shape index (κ2) is 6.21. The second-order valence-corrected chi connectivity index (χ2v) is 5.47. The minimum absolute atomic E-state index is 0.159. The average molecular weight is 270 g/mol. The van der Waals surface area contributed by atoms with Gasteiger partial charge in [0.15, 0.2) is 0 Å². The SMILES string of the molecule is COC(=O)C(C)(C)CNC(C)c1ccc(Cl)cc1. The van der Waals surface area contributed by atoms with E-state index in [0.717, 1.165) is 10.6 Å². The second-order valence-electron chi connectivity index (χ2n) is 5.03. The van der Waals surface area contributed by atoms with Gasteiger partial charge in [0.2, 0.25) is 0 Å². The maximum atomic E-state index is 11.5. The first-order valence-corrected chi connectivity index (χ1v) is 6.32. The van der Waals surface area contributed by atoms with Crippen LogP contribution in [0.25, 0.3) is 0 Å². The van der Waals surface area contributed by atoms with Gasteiger partial charge in [0.1, 0.15) is 0 Å². The fourth-order valence-electron chi connectivity index (χ4n) is 1.63. The molecule has 0 fully saturated rings. The van der Waals surface area contributed by atoms with Crippen LogP contribution in [0.15, 0.2) is 24.3 Å². The third-order valence-corrected chi connectivity index (χ3v) is 3.21. The van der Waals surface area contributed by atoms with Crippen LogP contribution in [-0.4, -0.2) is 19.6 Å². The summed E-state index contributed by atoms with van der Waals surface area (Å²) in [6.45, 7) is 6.33. The van der Waals surface area contributed by atoms with Crippen molar-refractivity contribution < 1.29 is 9.53 Å². The average Bonchev–Trinajstić information content (AvgIpc) is 2.35. The standard InChI is InChI=1S/C14H20ClNO2/c1-10(11-5-7-12(15)8-6-11)16-9-14(2,3)13(17)18-4/h5-8,10,16H,9H2,1-4H3. The molecule has 0 aliphatic rings. The molecule has 100 valence electrons. The summed E-state index contributed by atoms with van der Waals surface area (Å²) in [7, 11) is 1.41. The highest BCUT2D eigenvalue weighted by molar-refractivity contribution is 6.30. The highest BCUT2D eigenvalue weighted by Gasteiger charge is 2.28. The number of carbonyl (C=O) groups is 1. The molecule has 1 N–H and O–H groups in total. The van der Waals surface area contributed by atoms with Crippen molar-refractivity contribution in [1.82, 2.24) is 5.32 Å². The molecular formula is C14H20ClNO2. The molecule has 3 nitrogen and oxygen atoms in total. The largest absolute Gasteiger partial charge is 0.469 e. The molecule has 0 radical (unpaired) electrons. The molecule has 0 aliphatic heterocycles. The van der Waals surface area contributed by atoms with Gasteiger partial charge in [-0.1, -0.05) is 23.7 Å². The minimum Gasteiger partial charge on any atom is -0.469 e. The van der Waals surface area contributed by atoms with Gasteiger partial charge < -0.3 is 10.1 Å². The van der Waals surface area contributed by atoms with Crippen molar-refractivity contribution in [3.05, 3.63) is 34.9 Å². The van der Waals surface area contributed by atoms with E-state index >= 15 is 0 Å². The molecule has 0 aromatic heterocycles. The number of halogens is 1. The van der Waals surface area contributed by atoms with Gasteiger partial charge >= 0.3 is 5.97 Å². The number of benzene rings is 1. The molecule has 0 aliphatic carbocycles. The van der Waals surface area contributed by atoms with Gasteiger partial charge in [0.25, 0.3) is 0 Å². The summed E-state index contributed by atoms with van der Waals surface area (Å²) >= 11 is 5.84. The molecule has 0 heterocycles. The summed E-state index contributed by atoms with van der Waals surface area (Å²) in [5.41, 5.74) is 0.607. The Labute approximate surface area is 113 Å². The zero-order valence-corrected chi connectivity index (χ0v) is 12.0. The number of esters is 1. The Kier molecular flexibility index (Phi) is 5.17. The number of hydrogen-bond acceptors (Lipinski definition) is 3. The highest BCUT2D eigenvalue weighted by Crippen LogP contribution is 2.20. The quantitative estimate of drug-likeness (QED) is 0.835. The Balaban J connectivity index is 2.58. The normalized spacial score (nSPS) is 13.2.